The molecule has 0 saturated carbocycles. The number of rotatable bonds is 4. The molecule has 1 aliphatic heterocycles. The highest BCUT2D eigenvalue weighted by atomic mass is 35.5. The number of hydrogen-bond acceptors (Lipinski definition) is 3. The van der Waals surface area contributed by atoms with E-state index in [1.54, 1.807) is 0 Å². The first-order chi connectivity index (χ1) is 12.1. The summed E-state index contributed by atoms with van der Waals surface area (Å²) in [7, 11) is 1.96. The van der Waals surface area contributed by atoms with Gasteiger partial charge in [0.2, 0.25) is 4.77 Å². The van der Waals surface area contributed by atoms with E-state index in [1.807, 2.05) is 51.9 Å². The van der Waals surface area contributed by atoms with E-state index in [-0.39, 0.29) is 0 Å². The van der Waals surface area contributed by atoms with Crippen LogP contribution in [0.1, 0.15) is 23.8 Å². The molecule has 0 bridgehead atoms. The first kappa shape index (κ1) is 17.0. The van der Waals surface area contributed by atoms with Gasteiger partial charge in [-0.2, -0.15) is 4.68 Å². The van der Waals surface area contributed by atoms with Crippen molar-refractivity contribution in [1.82, 2.24) is 14.3 Å². The van der Waals surface area contributed by atoms with Gasteiger partial charge in [0.15, 0.2) is 12.5 Å². The van der Waals surface area contributed by atoms with Gasteiger partial charge in [-0.25, -0.2) is 0 Å². The van der Waals surface area contributed by atoms with Gasteiger partial charge >= 0.3 is 0 Å². The van der Waals surface area contributed by atoms with Crippen molar-refractivity contribution in [3.63, 3.8) is 0 Å². The van der Waals surface area contributed by atoms with E-state index < -0.39 is 0 Å². The topological polar surface area (TPSA) is 27.2 Å². The van der Waals surface area contributed by atoms with Crippen molar-refractivity contribution in [3.05, 3.63) is 56.4 Å². The van der Waals surface area contributed by atoms with Gasteiger partial charge in [-0.3, -0.25) is 0 Å². The smallest absolute Gasteiger partial charge is 0.202 e. The molecule has 4 rings (SSSR count). The van der Waals surface area contributed by atoms with Gasteiger partial charge in [0.25, 0.3) is 0 Å². The number of benzene rings is 1. The third-order valence-corrected chi connectivity index (χ3v) is 6.68. The van der Waals surface area contributed by atoms with Gasteiger partial charge in [-0.15, -0.1) is 16.4 Å². The van der Waals surface area contributed by atoms with Crippen LogP contribution in [0.3, 0.4) is 0 Å². The first-order valence-electron chi connectivity index (χ1n) is 8.42. The quantitative estimate of drug-likeness (QED) is 0.686. The summed E-state index contributed by atoms with van der Waals surface area (Å²) in [6.45, 7) is 1.95. The van der Waals surface area contributed by atoms with Crippen LogP contribution in [0, 0.1) is 4.77 Å². The average molecular weight is 392 g/mol. The number of likely N-dealkylation sites (tertiary alicyclic amines) is 1. The Morgan fingerprint density at radius 2 is 2.16 bits per heavy atom. The van der Waals surface area contributed by atoms with Crippen molar-refractivity contribution in [2.45, 2.75) is 25.6 Å². The normalized spacial score (nSPS) is 20.2. The van der Waals surface area contributed by atoms with Gasteiger partial charge < -0.3 is 9.47 Å². The molecule has 3 heterocycles. The van der Waals surface area contributed by atoms with Crippen molar-refractivity contribution in [3.8, 4) is 11.4 Å². The monoisotopic (exact) mass is 391 g/mol. The Morgan fingerprint density at radius 3 is 2.92 bits per heavy atom. The van der Waals surface area contributed by atoms with Crippen LogP contribution in [-0.2, 0) is 13.7 Å². The molecule has 0 radical (unpaired) electrons. The number of hydrogen-bond donors (Lipinski definition) is 1. The number of nitrogens with zero attached hydrogens (tertiary/aromatic N) is 3. The highest BCUT2D eigenvalue weighted by Gasteiger charge is 2.31. The van der Waals surface area contributed by atoms with Crippen LogP contribution in [-0.4, -0.2) is 20.9 Å². The zero-order valence-corrected chi connectivity index (χ0v) is 16.4. The minimum atomic E-state index is 0.549. The molecule has 1 aliphatic rings. The minimum absolute atomic E-state index is 0.549. The van der Waals surface area contributed by atoms with Gasteiger partial charge in [0.1, 0.15) is 6.04 Å². The van der Waals surface area contributed by atoms with Crippen LogP contribution < -0.4 is 4.90 Å². The molecule has 1 saturated heterocycles. The third kappa shape index (κ3) is 3.19. The zero-order chi connectivity index (χ0) is 17.4. The summed E-state index contributed by atoms with van der Waals surface area (Å²) in [6.07, 6.45) is 2.47. The third-order valence-electron chi connectivity index (χ3n) is 4.88. The fourth-order valence-electron chi connectivity index (χ4n) is 3.59. The van der Waals surface area contributed by atoms with Crippen LogP contribution in [0.15, 0.2) is 41.8 Å². The van der Waals surface area contributed by atoms with Gasteiger partial charge in [0, 0.05) is 25.5 Å². The summed E-state index contributed by atoms with van der Waals surface area (Å²) in [5.41, 5.74) is 0.919. The molecule has 4 nitrogen and oxygen atoms in total. The Morgan fingerprint density at radius 1 is 1.32 bits per heavy atom. The lowest BCUT2D eigenvalue weighted by molar-refractivity contribution is -0.941. The van der Waals surface area contributed by atoms with Crippen LogP contribution in [0.25, 0.3) is 11.4 Å². The lowest BCUT2D eigenvalue weighted by Gasteiger charge is -2.20. The SMILES string of the molecule is Cn1c(-c2ccccc2Cl)nn(C[NH+]2CCC[C@H]2c2cccs2)c1=S. The van der Waals surface area contributed by atoms with E-state index in [0.717, 1.165) is 29.4 Å². The van der Waals surface area contributed by atoms with Crippen molar-refractivity contribution < 1.29 is 4.90 Å². The number of quaternary nitrogens is 1. The van der Waals surface area contributed by atoms with Crippen LogP contribution >= 0.6 is 35.2 Å². The first-order valence-corrected chi connectivity index (χ1v) is 10.1. The van der Waals surface area contributed by atoms with Gasteiger partial charge in [-0.05, 0) is 35.8 Å². The Balaban J connectivity index is 1.65. The van der Waals surface area contributed by atoms with Crippen LogP contribution in [0.5, 0.6) is 0 Å². The summed E-state index contributed by atoms with van der Waals surface area (Å²) < 4.78 is 4.64. The fourth-order valence-corrected chi connectivity index (χ4v) is 4.93. The molecule has 1 unspecified atom stereocenters. The van der Waals surface area contributed by atoms with E-state index in [4.69, 9.17) is 28.9 Å². The Labute approximate surface area is 161 Å². The van der Waals surface area contributed by atoms with Crippen LogP contribution in [0.2, 0.25) is 5.02 Å². The Bertz CT molecular complexity index is 929. The zero-order valence-electron chi connectivity index (χ0n) is 14.0. The van der Waals surface area contributed by atoms with E-state index in [0.29, 0.717) is 11.1 Å². The molecular weight excluding hydrogens is 372 g/mol. The van der Waals surface area contributed by atoms with Crippen molar-refractivity contribution >= 4 is 35.2 Å². The molecule has 2 aromatic heterocycles. The molecule has 1 N–H and O–H groups in total. The molecule has 0 aliphatic carbocycles. The largest absolute Gasteiger partial charge is 0.309 e. The summed E-state index contributed by atoms with van der Waals surface area (Å²) in [4.78, 5) is 2.99. The highest BCUT2D eigenvalue weighted by Crippen LogP contribution is 2.26. The summed E-state index contributed by atoms with van der Waals surface area (Å²) in [5.74, 6) is 0.821. The molecular formula is C18H20ClN4S2+. The molecule has 1 aromatic carbocycles. The number of halogens is 1. The lowest BCUT2D eigenvalue weighted by atomic mass is 10.2. The standard InChI is InChI=1S/C18H19ClN4S2/c1-21-17(13-6-2-3-7-14(13)19)20-23(18(21)24)12-22-10-4-8-15(22)16-9-5-11-25-16/h2-3,5-7,9,11,15H,4,8,10,12H2,1H3/p+1/t15-/m0/s1. The minimum Gasteiger partial charge on any atom is -0.309 e. The lowest BCUT2D eigenvalue weighted by Crippen LogP contribution is -3.09. The second-order valence-corrected chi connectivity index (χ2v) is 8.17. The Kier molecular flexibility index (Phi) is 4.78. The predicted octanol–water partition coefficient (Wildman–Crippen LogP) is 3.71. The molecule has 0 spiro atoms. The molecule has 1 fully saturated rings. The van der Waals surface area contributed by atoms with E-state index in [9.17, 15) is 0 Å². The summed E-state index contributed by atoms with van der Waals surface area (Å²) in [6, 6.07) is 12.7. The maximum Gasteiger partial charge on any atom is 0.202 e. The number of aromatic nitrogens is 3. The van der Waals surface area contributed by atoms with Crippen molar-refractivity contribution in [1.29, 1.82) is 0 Å². The molecule has 25 heavy (non-hydrogen) atoms. The molecule has 0 amide bonds. The highest BCUT2D eigenvalue weighted by molar-refractivity contribution is 7.71. The Hall–Kier alpha value is -1.47. The van der Waals surface area contributed by atoms with Crippen molar-refractivity contribution in [2.75, 3.05) is 6.54 Å². The number of thiophene rings is 1. The molecule has 130 valence electrons. The molecule has 3 aromatic rings. The van der Waals surface area contributed by atoms with Gasteiger partial charge in [0.05, 0.1) is 16.4 Å². The van der Waals surface area contributed by atoms with E-state index in [2.05, 4.69) is 17.5 Å². The molecule has 7 heteroatoms. The summed E-state index contributed by atoms with van der Waals surface area (Å²) in [5, 5.41) is 7.65. The second kappa shape index (κ2) is 7.03. The van der Waals surface area contributed by atoms with Crippen molar-refractivity contribution in [2.24, 2.45) is 7.05 Å². The van der Waals surface area contributed by atoms with E-state index >= 15 is 0 Å². The average Bonchev–Trinajstić information content (AvgIpc) is 3.33. The van der Waals surface area contributed by atoms with Crippen LogP contribution in [0.4, 0.5) is 0 Å². The van der Waals surface area contributed by atoms with E-state index in [1.165, 1.54) is 22.6 Å². The maximum atomic E-state index is 6.35. The fraction of sp³-hybridized carbons (Fsp3) is 0.333. The second-order valence-electron chi connectivity index (χ2n) is 6.42. The number of nitrogens with one attached hydrogen (secondary N) is 1. The predicted molar refractivity (Wildman–Crippen MR) is 105 cm³/mol. The maximum absolute atomic E-state index is 6.35. The van der Waals surface area contributed by atoms with Gasteiger partial charge in [-0.1, -0.05) is 29.8 Å². The summed E-state index contributed by atoms with van der Waals surface area (Å²) >= 11 is 13.8. The molecule has 2 atom stereocenters.